The van der Waals surface area contributed by atoms with Crippen LogP contribution in [0.1, 0.15) is 37.8 Å². The van der Waals surface area contributed by atoms with E-state index in [0.29, 0.717) is 34.5 Å². The molecule has 0 saturated carbocycles. The Labute approximate surface area is 201 Å². The number of rotatable bonds is 4. The topological polar surface area (TPSA) is 106 Å². The van der Waals surface area contributed by atoms with Crippen molar-refractivity contribution in [2.75, 3.05) is 6.61 Å². The zero-order chi connectivity index (χ0) is 24.3. The Morgan fingerprint density at radius 1 is 1.06 bits per heavy atom. The summed E-state index contributed by atoms with van der Waals surface area (Å²) in [6, 6.07) is 1.93. The van der Waals surface area contributed by atoms with E-state index in [-0.39, 0.29) is 17.8 Å². The van der Waals surface area contributed by atoms with Crippen molar-refractivity contribution < 1.29 is 9.15 Å². The van der Waals surface area contributed by atoms with E-state index in [0.717, 1.165) is 41.6 Å². The van der Waals surface area contributed by atoms with Gasteiger partial charge in [0.15, 0.2) is 11.2 Å². The molecule has 1 saturated heterocycles. The number of hydrogen-bond acceptors (Lipinski definition) is 7. The Balaban J connectivity index is 1.68. The van der Waals surface area contributed by atoms with Crippen molar-refractivity contribution in [2.45, 2.75) is 45.3 Å². The first-order valence-corrected chi connectivity index (χ1v) is 11.9. The molecule has 1 aliphatic heterocycles. The average molecular weight is 474 g/mol. The van der Waals surface area contributed by atoms with Crippen molar-refractivity contribution in [1.29, 1.82) is 0 Å². The predicted molar refractivity (Wildman–Crippen MR) is 131 cm³/mol. The number of ether oxygens (including phenoxy) is 1. The number of fused-ring (bicyclic) bond motifs is 3. The van der Waals surface area contributed by atoms with Gasteiger partial charge in [-0.15, -0.1) is 0 Å². The van der Waals surface area contributed by atoms with Crippen LogP contribution in [0.15, 0.2) is 40.1 Å². The molecule has 5 aromatic rings. The van der Waals surface area contributed by atoms with E-state index in [1.807, 2.05) is 39.5 Å². The molecule has 0 unspecified atom stereocenters. The number of aryl methyl sites for hydroxylation is 3. The molecule has 0 radical (unpaired) electrons. The van der Waals surface area contributed by atoms with Crippen molar-refractivity contribution >= 4 is 22.2 Å². The van der Waals surface area contributed by atoms with Crippen LogP contribution in [0.4, 0.5) is 0 Å². The summed E-state index contributed by atoms with van der Waals surface area (Å²) >= 11 is 0. The molecule has 10 heteroatoms. The lowest BCUT2D eigenvalue weighted by atomic mass is 10.0. The highest BCUT2D eigenvalue weighted by atomic mass is 16.5. The molecule has 0 aliphatic carbocycles. The monoisotopic (exact) mass is 473 g/mol. The molecule has 5 aromatic heterocycles. The van der Waals surface area contributed by atoms with Crippen LogP contribution in [-0.2, 0) is 18.8 Å². The highest BCUT2D eigenvalue weighted by molar-refractivity contribution is 6.05. The number of aromatic nitrogens is 7. The van der Waals surface area contributed by atoms with Crippen molar-refractivity contribution in [3.8, 4) is 22.5 Å². The summed E-state index contributed by atoms with van der Waals surface area (Å²) in [4.78, 5) is 23.1. The molecule has 35 heavy (non-hydrogen) atoms. The van der Waals surface area contributed by atoms with Gasteiger partial charge in [0.2, 0.25) is 0 Å². The normalized spacial score (nSPS) is 18.6. The third-order valence-corrected chi connectivity index (χ3v) is 6.82. The molecule has 2 atom stereocenters. The van der Waals surface area contributed by atoms with Crippen LogP contribution < -0.4 is 5.69 Å². The first kappa shape index (κ1) is 21.7. The van der Waals surface area contributed by atoms with Crippen LogP contribution >= 0.6 is 0 Å². The van der Waals surface area contributed by atoms with E-state index in [1.54, 1.807) is 26.3 Å². The summed E-state index contributed by atoms with van der Waals surface area (Å²) in [6.07, 6.45) is 9.73. The lowest BCUT2D eigenvalue weighted by Crippen LogP contribution is -2.34. The molecular weight excluding hydrogens is 446 g/mol. The van der Waals surface area contributed by atoms with E-state index in [4.69, 9.17) is 14.1 Å². The van der Waals surface area contributed by atoms with E-state index >= 15 is 0 Å². The maximum Gasteiger partial charge on any atom is 0.349 e. The van der Waals surface area contributed by atoms with Crippen molar-refractivity contribution in [3.63, 3.8) is 0 Å². The van der Waals surface area contributed by atoms with E-state index in [1.165, 1.54) is 0 Å². The highest BCUT2D eigenvalue weighted by Gasteiger charge is 2.29. The SMILES string of the molecule is CC[C@H]1C[C@@H](n2c(=O)nc(-c3cnn(C)c3)c3oc4cc(C)c(-c5cnn(C)c5)nc4c32)CCO1. The minimum absolute atomic E-state index is 0.0510. The van der Waals surface area contributed by atoms with Gasteiger partial charge in [-0.2, -0.15) is 15.2 Å². The Kier molecular flexibility index (Phi) is 5.06. The number of pyridine rings is 1. The number of nitrogens with zero attached hydrogens (tertiary/aromatic N) is 7. The third-order valence-electron chi connectivity index (χ3n) is 6.82. The quantitative estimate of drug-likeness (QED) is 0.391. The molecule has 180 valence electrons. The molecule has 6 heterocycles. The van der Waals surface area contributed by atoms with Crippen molar-refractivity contribution in [3.05, 3.63) is 46.9 Å². The largest absolute Gasteiger partial charge is 0.450 e. The van der Waals surface area contributed by atoms with Crippen molar-refractivity contribution in [2.24, 2.45) is 14.1 Å². The molecule has 10 nitrogen and oxygen atoms in total. The highest BCUT2D eigenvalue weighted by Crippen LogP contribution is 2.38. The first-order chi connectivity index (χ1) is 16.9. The summed E-state index contributed by atoms with van der Waals surface area (Å²) < 4.78 is 17.5. The van der Waals surface area contributed by atoms with Crippen LogP contribution in [0.25, 0.3) is 44.7 Å². The van der Waals surface area contributed by atoms with Gasteiger partial charge in [0.1, 0.15) is 16.7 Å². The Morgan fingerprint density at radius 3 is 2.43 bits per heavy atom. The second-order valence-corrected chi connectivity index (χ2v) is 9.28. The summed E-state index contributed by atoms with van der Waals surface area (Å²) in [7, 11) is 3.71. The Morgan fingerprint density at radius 2 is 1.77 bits per heavy atom. The molecule has 0 N–H and O–H groups in total. The van der Waals surface area contributed by atoms with Gasteiger partial charge in [-0.25, -0.2) is 9.78 Å². The molecule has 0 bridgehead atoms. The van der Waals surface area contributed by atoms with Gasteiger partial charge < -0.3 is 9.15 Å². The maximum absolute atomic E-state index is 13.6. The first-order valence-electron chi connectivity index (χ1n) is 11.9. The van der Waals surface area contributed by atoms with Gasteiger partial charge >= 0.3 is 5.69 Å². The standard InChI is InChI=1S/C25H27N7O3/c1-5-18-9-17(6-7-34-18)32-23-22-19(8-14(2)20(28-22)15-10-26-30(3)12-15)35-24(23)21(29-25(32)33)16-11-27-31(4)13-16/h8,10-13,17-18H,5-7,9H2,1-4H3/t17-,18-/m0/s1. The van der Waals surface area contributed by atoms with Crippen LogP contribution in [0, 0.1) is 6.92 Å². The van der Waals surface area contributed by atoms with Gasteiger partial charge in [-0.1, -0.05) is 6.92 Å². The predicted octanol–water partition coefficient (Wildman–Crippen LogP) is 3.78. The zero-order valence-corrected chi connectivity index (χ0v) is 20.2. The maximum atomic E-state index is 13.6. The Hall–Kier alpha value is -3.79. The molecule has 6 rings (SSSR count). The Bertz CT molecular complexity index is 1620. The minimum Gasteiger partial charge on any atom is -0.450 e. The lowest BCUT2D eigenvalue weighted by Gasteiger charge is -2.30. The fourth-order valence-corrected chi connectivity index (χ4v) is 5.07. The van der Waals surface area contributed by atoms with E-state index < -0.39 is 0 Å². The van der Waals surface area contributed by atoms with Crippen LogP contribution in [0.5, 0.6) is 0 Å². The van der Waals surface area contributed by atoms with Gasteiger partial charge in [-0.05, 0) is 37.8 Å². The van der Waals surface area contributed by atoms with E-state index in [9.17, 15) is 4.79 Å². The van der Waals surface area contributed by atoms with Gasteiger partial charge in [0.25, 0.3) is 0 Å². The molecular formula is C25H27N7O3. The van der Waals surface area contributed by atoms with Crippen LogP contribution in [0.3, 0.4) is 0 Å². The summed E-state index contributed by atoms with van der Waals surface area (Å²) in [6.45, 7) is 4.71. The number of hydrogen-bond donors (Lipinski definition) is 0. The molecule has 0 amide bonds. The molecule has 0 spiro atoms. The van der Waals surface area contributed by atoms with Crippen LogP contribution in [0.2, 0.25) is 0 Å². The lowest BCUT2D eigenvalue weighted by molar-refractivity contribution is -0.00710. The van der Waals surface area contributed by atoms with Crippen molar-refractivity contribution in [1.82, 2.24) is 34.1 Å². The van der Waals surface area contributed by atoms with Gasteiger partial charge in [0.05, 0.1) is 24.2 Å². The van der Waals surface area contributed by atoms with E-state index in [2.05, 4.69) is 22.1 Å². The smallest absolute Gasteiger partial charge is 0.349 e. The molecule has 0 aromatic carbocycles. The molecule has 1 fully saturated rings. The van der Waals surface area contributed by atoms with Gasteiger partial charge in [0, 0.05) is 50.3 Å². The summed E-state index contributed by atoms with van der Waals surface area (Å²) in [5.74, 6) is 0. The molecule has 1 aliphatic rings. The summed E-state index contributed by atoms with van der Waals surface area (Å²) in [5.41, 5.74) is 6.06. The van der Waals surface area contributed by atoms with Gasteiger partial charge in [-0.3, -0.25) is 13.9 Å². The summed E-state index contributed by atoms with van der Waals surface area (Å²) in [5, 5.41) is 8.58. The average Bonchev–Trinajstić information content (AvgIpc) is 3.56. The fraction of sp³-hybridized carbons (Fsp3) is 0.400. The number of furan rings is 1. The second-order valence-electron chi connectivity index (χ2n) is 9.28. The zero-order valence-electron chi connectivity index (χ0n) is 20.2. The van der Waals surface area contributed by atoms with Crippen LogP contribution in [-0.4, -0.2) is 46.8 Å². The second kappa shape index (κ2) is 8.16. The fourth-order valence-electron chi connectivity index (χ4n) is 5.07. The third kappa shape index (κ3) is 3.56. The minimum atomic E-state index is -0.314.